The van der Waals surface area contributed by atoms with Crippen LogP contribution in [-0.2, 0) is 11.3 Å². The summed E-state index contributed by atoms with van der Waals surface area (Å²) in [6.45, 7) is 1.33. The van der Waals surface area contributed by atoms with Crippen LogP contribution >= 0.6 is 0 Å². The molecule has 3 aromatic rings. The number of nitrogens with zero attached hydrogens (tertiary/aromatic N) is 2. The third-order valence-corrected chi connectivity index (χ3v) is 4.39. The molecular weight excluding hydrogens is 316 g/mol. The number of fused-ring (bicyclic) bond motifs is 1. The number of nitrogens with one attached hydrogen (secondary N) is 2. The van der Waals surface area contributed by atoms with Crippen molar-refractivity contribution in [3.8, 4) is 0 Å². The lowest BCUT2D eigenvalue weighted by molar-refractivity contribution is -0.117. The van der Waals surface area contributed by atoms with E-state index in [9.17, 15) is 9.59 Å². The summed E-state index contributed by atoms with van der Waals surface area (Å²) in [6.07, 6.45) is 1.55. The maximum atomic E-state index is 12.1. The van der Waals surface area contributed by atoms with Crippen molar-refractivity contribution >= 4 is 28.4 Å². The van der Waals surface area contributed by atoms with Crippen molar-refractivity contribution in [1.82, 2.24) is 9.97 Å². The van der Waals surface area contributed by atoms with Crippen molar-refractivity contribution in [2.24, 2.45) is 0 Å². The van der Waals surface area contributed by atoms with Gasteiger partial charge in [0.25, 0.3) is 5.56 Å². The smallest absolute Gasteiger partial charge is 0.260 e. The highest BCUT2D eigenvalue weighted by atomic mass is 16.2. The first-order valence-corrected chi connectivity index (χ1v) is 8.33. The fraction of sp³-hybridized carbons (Fsp3) is 0.211. The molecule has 2 aromatic carbocycles. The maximum absolute atomic E-state index is 12.1. The number of amides is 1. The Labute approximate surface area is 144 Å². The molecule has 1 amide bonds. The molecule has 1 saturated heterocycles. The molecule has 0 atom stereocenters. The maximum Gasteiger partial charge on any atom is 0.260 e. The van der Waals surface area contributed by atoms with E-state index in [4.69, 9.17) is 0 Å². The monoisotopic (exact) mass is 334 g/mol. The van der Waals surface area contributed by atoms with Gasteiger partial charge in [0.1, 0.15) is 0 Å². The fourth-order valence-corrected chi connectivity index (χ4v) is 3.07. The van der Waals surface area contributed by atoms with Crippen molar-refractivity contribution in [1.29, 1.82) is 0 Å². The Morgan fingerprint density at radius 1 is 1.08 bits per heavy atom. The fourth-order valence-electron chi connectivity index (χ4n) is 3.07. The van der Waals surface area contributed by atoms with Gasteiger partial charge >= 0.3 is 0 Å². The Hall–Kier alpha value is -3.15. The summed E-state index contributed by atoms with van der Waals surface area (Å²) in [6, 6.07) is 15.1. The van der Waals surface area contributed by atoms with Crippen molar-refractivity contribution in [2.45, 2.75) is 19.4 Å². The first-order valence-electron chi connectivity index (χ1n) is 8.33. The van der Waals surface area contributed by atoms with Crippen molar-refractivity contribution < 1.29 is 4.79 Å². The predicted molar refractivity (Wildman–Crippen MR) is 97.7 cm³/mol. The van der Waals surface area contributed by atoms with Crippen LogP contribution in [0.3, 0.4) is 0 Å². The van der Waals surface area contributed by atoms with Gasteiger partial charge in [0, 0.05) is 25.2 Å². The van der Waals surface area contributed by atoms with E-state index in [1.54, 1.807) is 6.07 Å². The second-order valence-corrected chi connectivity index (χ2v) is 6.10. The van der Waals surface area contributed by atoms with Gasteiger partial charge in [0.15, 0.2) is 0 Å². The van der Waals surface area contributed by atoms with E-state index in [1.165, 1.54) is 0 Å². The van der Waals surface area contributed by atoms with Crippen molar-refractivity contribution in [3.05, 3.63) is 64.4 Å². The normalized spacial score (nSPS) is 14.2. The number of hydrogen-bond acceptors (Lipinski definition) is 4. The van der Waals surface area contributed by atoms with E-state index < -0.39 is 0 Å². The first kappa shape index (κ1) is 15.4. The predicted octanol–water partition coefficient (Wildman–Crippen LogP) is 2.66. The Morgan fingerprint density at radius 3 is 2.64 bits per heavy atom. The Morgan fingerprint density at radius 2 is 1.88 bits per heavy atom. The second-order valence-electron chi connectivity index (χ2n) is 6.10. The first-order chi connectivity index (χ1) is 12.2. The third kappa shape index (κ3) is 3.10. The van der Waals surface area contributed by atoms with Crippen LogP contribution in [0, 0.1) is 0 Å². The molecule has 1 aliphatic heterocycles. The average Bonchev–Trinajstić information content (AvgIpc) is 3.06. The summed E-state index contributed by atoms with van der Waals surface area (Å²) in [5, 5.41) is 3.72. The Balaban J connectivity index is 1.48. The molecular formula is C19H18N4O2. The molecule has 6 heteroatoms. The lowest BCUT2D eigenvalue weighted by Gasteiger charge is -2.16. The minimum Gasteiger partial charge on any atom is -0.352 e. The Kier molecular flexibility index (Phi) is 3.93. The number of anilines is 2. The molecule has 1 aliphatic rings. The third-order valence-electron chi connectivity index (χ3n) is 4.39. The number of hydrogen-bond donors (Lipinski definition) is 2. The van der Waals surface area contributed by atoms with Crippen LogP contribution in [0.15, 0.2) is 53.3 Å². The van der Waals surface area contributed by atoms with Crippen molar-refractivity contribution in [3.63, 3.8) is 0 Å². The highest BCUT2D eigenvalue weighted by Crippen LogP contribution is 2.21. The highest BCUT2D eigenvalue weighted by Gasteiger charge is 2.21. The van der Waals surface area contributed by atoms with Gasteiger partial charge in [-0.15, -0.1) is 0 Å². The van der Waals surface area contributed by atoms with E-state index in [-0.39, 0.29) is 11.5 Å². The molecule has 1 aromatic heterocycles. The molecule has 0 radical (unpaired) electrons. The van der Waals surface area contributed by atoms with Gasteiger partial charge in [-0.25, -0.2) is 4.98 Å². The van der Waals surface area contributed by atoms with E-state index in [0.717, 1.165) is 24.2 Å². The molecule has 2 heterocycles. The molecule has 126 valence electrons. The number of para-hydroxylation sites is 1. The zero-order valence-electron chi connectivity index (χ0n) is 13.7. The SMILES string of the molecule is O=C1CCCN1c1ccc(CNc2nc3ccccc3c(=O)[nH]2)cc1. The molecule has 25 heavy (non-hydrogen) atoms. The van der Waals surface area contributed by atoms with E-state index in [1.807, 2.05) is 47.4 Å². The zero-order valence-corrected chi connectivity index (χ0v) is 13.7. The van der Waals surface area contributed by atoms with Crippen LogP contribution in [0.4, 0.5) is 11.6 Å². The Bertz CT molecular complexity index is 979. The second kappa shape index (κ2) is 6.39. The number of aromatic nitrogens is 2. The largest absolute Gasteiger partial charge is 0.352 e. The van der Waals surface area contributed by atoms with Gasteiger partial charge in [-0.3, -0.25) is 14.6 Å². The van der Waals surface area contributed by atoms with E-state index in [2.05, 4.69) is 15.3 Å². The van der Waals surface area contributed by atoms with Gasteiger partial charge in [-0.2, -0.15) is 0 Å². The summed E-state index contributed by atoms with van der Waals surface area (Å²) >= 11 is 0. The summed E-state index contributed by atoms with van der Waals surface area (Å²) < 4.78 is 0. The van der Waals surface area contributed by atoms with Crippen LogP contribution in [0.5, 0.6) is 0 Å². The van der Waals surface area contributed by atoms with Crippen molar-refractivity contribution in [2.75, 3.05) is 16.8 Å². The number of carbonyl (C=O) groups is 1. The molecule has 1 fully saturated rings. The average molecular weight is 334 g/mol. The number of carbonyl (C=O) groups excluding carboxylic acids is 1. The van der Waals surface area contributed by atoms with Gasteiger partial charge in [-0.1, -0.05) is 24.3 Å². The lowest BCUT2D eigenvalue weighted by atomic mass is 10.2. The minimum atomic E-state index is -0.156. The van der Waals surface area contributed by atoms with Gasteiger partial charge < -0.3 is 10.2 Å². The molecule has 6 nitrogen and oxygen atoms in total. The van der Waals surface area contributed by atoms with E-state index in [0.29, 0.717) is 29.8 Å². The number of benzene rings is 2. The topological polar surface area (TPSA) is 78.1 Å². The molecule has 0 aliphatic carbocycles. The number of aromatic amines is 1. The summed E-state index contributed by atoms with van der Waals surface area (Å²) in [7, 11) is 0. The van der Waals surface area contributed by atoms with Gasteiger partial charge in [0.05, 0.1) is 10.9 Å². The number of H-pyrrole nitrogens is 1. The summed E-state index contributed by atoms with van der Waals surface area (Å²) in [5.74, 6) is 0.631. The van der Waals surface area contributed by atoms with Crippen LogP contribution in [0.2, 0.25) is 0 Å². The van der Waals surface area contributed by atoms with Gasteiger partial charge in [-0.05, 0) is 36.2 Å². The molecule has 0 spiro atoms. The summed E-state index contributed by atoms with van der Waals surface area (Å²) in [4.78, 5) is 32.8. The minimum absolute atomic E-state index is 0.156. The van der Waals surface area contributed by atoms with Gasteiger partial charge in [0.2, 0.25) is 11.9 Å². The number of rotatable bonds is 4. The van der Waals surface area contributed by atoms with Crippen LogP contribution in [-0.4, -0.2) is 22.4 Å². The molecule has 4 rings (SSSR count). The standard InChI is InChI=1S/C19H18N4O2/c24-17-6-3-11-23(17)14-9-7-13(8-10-14)12-20-19-21-16-5-2-1-4-15(16)18(25)22-19/h1-2,4-5,7-10H,3,6,11-12H2,(H2,20,21,22,25). The lowest BCUT2D eigenvalue weighted by Crippen LogP contribution is -2.23. The molecule has 0 saturated carbocycles. The molecule has 2 N–H and O–H groups in total. The van der Waals surface area contributed by atoms with Crippen LogP contribution < -0.4 is 15.8 Å². The van der Waals surface area contributed by atoms with Crippen LogP contribution in [0.1, 0.15) is 18.4 Å². The molecule has 0 bridgehead atoms. The highest BCUT2D eigenvalue weighted by molar-refractivity contribution is 5.95. The quantitative estimate of drug-likeness (QED) is 0.769. The zero-order chi connectivity index (χ0) is 17.2. The summed E-state index contributed by atoms with van der Waals surface area (Å²) in [5.41, 5.74) is 2.49. The van der Waals surface area contributed by atoms with E-state index >= 15 is 0 Å². The molecule has 0 unspecified atom stereocenters. The van der Waals surface area contributed by atoms with Crippen LogP contribution in [0.25, 0.3) is 10.9 Å².